The second kappa shape index (κ2) is 8.12. The van der Waals surface area contributed by atoms with E-state index < -0.39 is 18.7 Å². The second-order valence-corrected chi connectivity index (χ2v) is 7.17. The van der Waals surface area contributed by atoms with Crippen molar-refractivity contribution in [2.45, 2.75) is 52.4 Å². The van der Waals surface area contributed by atoms with Crippen molar-refractivity contribution in [1.82, 2.24) is 0 Å². The van der Waals surface area contributed by atoms with Crippen molar-refractivity contribution in [3.05, 3.63) is 0 Å². The minimum absolute atomic E-state index is 0.127. The number of Topliss-reactive ketones (excluding diaryl/α,β-unsaturated/α-hetero) is 1. The van der Waals surface area contributed by atoms with Gasteiger partial charge in [-0.15, -0.1) is 0 Å². The second-order valence-electron chi connectivity index (χ2n) is 4.33. The molecule has 6 nitrogen and oxygen atoms in total. The molecule has 0 radical (unpaired) electrons. The molecule has 1 N–H and O–H groups in total. The monoisotopic (exact) mass is 296 g/mol. The maximum Gasteiger partial charge on any atom is 0.288 e. The Bertz CT molecular complexity index is 322. The number of aliphatic hydroxyl groups is 1. The van der Waals surface area contributed by atoms with Crippen LogP contribution in [0.1, 0.15) is 41.0 Å². The molecule has 2 atom stereocenters. The van der Waals surface area contributed by atoms with E-state index in [1.165, 1.54) is 13.8 Å². The lowest BCUT2D eigenvalue weighted by Crippen LogP contribution is -2.35. The van der Waals surface area contributed by atoms with Gasteiger partial charge in [0.2, 0.25) is 6.03 Å². The van der Waals surface area contributed by atoms with Crippen LogP contribution in [0.15, 0.2) is 0 Å². The van der Waals surface area contributed by atoms with Gasteiger partial charge in [0.25, 0.3) is 7.37 Å². The maximum absolute atomic E-state index is 13.0. The van der Waals surface area contributed by atoms with Crippen LogP contribution in [-0.2, 0) is 23.4 Å². The van der Waals surface area contributed by atoms with Crippen LogP contribution < -0.4 is 0 Å². The Morgan fingerprint density at radius 2 is 1.68 bits per heavy atom. The predicted molar refractivity (Wildman–Crippen MR) is 72.2 cm³/mol. The lowest BCUT2D eigenvalue weighted by molar-refractivity contribution is -0.120. The van der Waals surface area contributed by atoms with Gasteiger partial charge in [0.1, 0.15) is 11.1 Å². The molecule has 0 fully saturated rings. The number of carbonyl (C=O) groups is 1. The Morgan fingerprint density at radius 1 is 1.21 bits per heavy atom. The van der Waals surface area contributed by atoms with Crippen LogP contribution in [0.5, 0.6) is 0 Å². The van der Waals surface area contributed by atoms with Crippen molar-refractivity contribution in [2.24, 2.45) is 0 Å². The fraction of sp³-hybridized carbons (Fsp3) is 0.917. The summed E-state index contributed by atoms with van der Waals surface area (Å²) in [5.41, 5.74) is 0. The highest BCUT2D eigenvalue weighted by Gasteiger charge is 2.52. The Labute approximate surface area is 114 Å². The molecule has 0 bridgehead atoms. The molecular weight excluding hydrogens is 271 g/mol. The summed E-state index contributed by atoms with van der Waals surface area (Å²) in [6, 6.07) is -1.17. The van der Waals surface area contributed by atoms with Gasteiger partial charge in [-0.2, -0.15) is 0 Å². The van der Waals surface area contributed by atoms with Crippen LogP contribution >= 0.6 is 7.37 Å². The number of carbonyl (C=O) groups excluding carboxylic acids is 1. The van der Waals surface area contributed by atoms with Crippen molar-refractivity contribution in [1.29, 1.82) is 0 Å². The highest BCUT2D eigenvalue weighted by Crippen LogP contribution is 2.63. The van der Waals surface area contributed by atoms with Crippen LogP contribution in [0.25, 0.3) is 0 Å². The van der Waals surface area contributed by atoms with Crippen molar-refractivity contribution >= 4 is 13.2 Å². The topological polar surface area (TPSA) is 82.1 Å². The summed E-state index contributed by atoms with van der Waals surface area (Å²) < 4.78 is 28.8. The summed E-state index contributed by atoms with van der Waals surface area (Å²) in [5, 5.41) is 8.57. The molecule has 0 saturated carbocycles. The summed E-state index contributed by atoms with van der Waals surface area (Å²) in [6.45, 7) is 8.39. The van der Waals surface area contributed by atoms with Gasteiger partial charge in [-0.1, -0.05) is 0 Å². The van der Waals surface area contributed by atoms with E-state index in [1.54, 1.807) is 20.8 Å². The van der Waals surface area contributed by atoms with Crippen LogP contribution in [-0.4, -0.2) is 42.1 Å². The first-order valence-corrected chi connectivity index (χ1v) is 8.13. The average molecular weight is 296 g/mol. The fourth-order valence-corrected chi connectivity index (χ4v) is 4.10. The highest BCUT2D eigenvalue weighted by atomic mass is 31.2. The van der Waals surface area contributed by atoms with Gasteiger partial charge in [0.15, 0.2) is 0 Å². The van der Waals surface area contributed by atoms with E-state index in [-0.39, 0.29) is 32.0 Å². The zero-order valence-electron chi connectivity index (χ0n) is 12.3. The lowest BCUT2D eigenvalue weighted by atomic mass is 10.2. The summed E-state index contributed by atoms with van der Waals surface area (Å²) in [6.07, 6.45) is -0.277. The van der Waals surface area contributed by atoms with Gasteiger partial charge in [-0.3, -0.25) is 9.36 Å². The van der Waals surface area contributed by atoms with E-state index in [0.717, 1.165) is 0 Å². The number of hydrogen-bond acceptors (Lipinski definition) is 6. The third-order valence-corrected chi connectivity index (χ3v) is 5.47. The smallest absolute Gasteiger partial charge is 0.288 e. The van der Waals surface area contributed by atoms with Gasteiger partial charge in [-0.05, 0) is 34.6 Å². The van der Waals surface area contributed by atoms with E-state index in [1.807, 2.05) is 0 Å². The first-order valence-electron chi connectivity index (χ1n) is 6.44. The molecule has 0 aliphatic rings. The molecule has 0 aliphatic carbocycles. The lowest BCUT2D eigenvalue weighted by Gasteiger charge is -2.36. The van der Waals surface area contributed by atoms with E-state index in [9.17, 15) is 14.5 Å². The molecule has 0 aromatic heterocycles. The molecular formula is C12H25O6P. The SMILES string of the molecule is CCOC(OCC)[P@@](=O)(OCC)[C@@](C)(O)CC(C)=O. The van der Waals surface area contributed by atoms with Crippen molar-refractivity contribution in [3.8, 4) is 0 Å². The summed E-state index contributed by atoms with van der Waals surface area (Å²) in [7, 11) is -3.73. The molecule has 0 heterocycles. The first kappa shape index (κ1) is 18.7. The normalized spacial score (nSPS) is 18.1. The molecule has 0 aromatic rings. The number of rotatable bonds is 10. The van der Waals surface area contributed by atoms with Gasteiger partial charge < -0.3 is 19.1 Å². The van der Waals surface area contributed by atoms with Gasteiger partial charge in [-0.25, -0.2) is 0 Å². The van der Waals surface area contributed by atoms with Crippen LogP contribution in [0.3, 0.4) is 0 Å². The molecule has 0 rings (SSSR count). The average Bonchev–Trinajstić information content (AvgIpc) is 2.27. The summed E-state index contributed by atoms with van der Waals surface area (Å²) in [4.78, 5) is 11.2. The highest BCUT2D eigenvalue weighted by molar-refractivity contribution is 7.60. The Hall–Kier alpha value is -0.260. The van der Waals surface area contributed by atoms with E-state index in [2.05, 4.69) is 0 Å². The zero-order valence-corrected chi connectivity index (χ0v) is 13.2. The Kier molecular flexibility index (Phi) is 8.01. The predicted octanol–water partition coefficient (Wildman–Crippen LogP) is 2.35. The van der Waals surface area contributed by atoms with E-state index in [4.69, 9.17) is 14.0 Å². The Balaban J connectivity index is 5.40. The molecule has 0 spiro atoms. The third-order valence-electron chi connectivity index (χ3n) is 2.47. The molecule has 0 saturated heterocycles. The molecule has 19 heavy (non-hydrogen) atoms. The molecule has 0 aliphatic heterocycles. The molecule has 7 heteroatoms. The molecule has 0 aromatic carbocycles. The summed E-state index contributed by atoms with van der Waals surface area (Å²) >= 11 is 0. The van der Waals surface area contributed by atoms with Crippen LogP contribution in [0.2, 0.25) is 0 Å². The van der Waals surface area contributed by atoms with Gasteiger partial charge in [0, 0.05) is 19.6 Å². The molecule has 0 amide bonds. The first-order chi connectivity index (χ1) is 8.75. The standard InChI is InChI=1S/C12H25O6P/c1-6-16-11(17-7-2)19(15,18-8-3)12(5,14)9-10(4)13/h11,14H,6-9H2,1-5H3/t12-,19-/m1/s1. The van der Waals surface area contributed by atoms with Crippen LogP contribution in [0, 0.1) is 0 Å². The van der Waals surface area contributed by atoms with E-state index >= 15 is 0 Å². The number of ketones is 1. The van der Waals surface area contributed by atoms with Crippen LogP contribution in [0.4, 0.5) is 0 Å². The fourth-order valence-electron chi connectivity index (χ4n) is 1.73. The molecule has 0 unspecified atom stereocenters. The van der Waals surface area contributed by atoms with Gasteiger partial charge in [0.05, 0.1) is 6.61 Å². The third kappa shape index (κ3) is 4.97. The molecule has 114 valence electrons. The number of ether oxygens (including phenoxy) is 2. The van der Waals surface area contributed by atoms with Gasteiger partial charge >= 0.3 is 0 Å². The number of hydrogen-bond donors (Lipinski definition) is 1. The van der Waals surface area contributed by atoms with Crippen molar-refractivity contribution < 1.29 is 28.5 Å². The van der Waals surface area contributed by atoms with E-state index in [0.29, 0.717) is 0 Å². The minimum atomic E-state index is -3.73. The largest absolute Gasteiger partial charge is 0.379 e. The summed E-state index contributed by atoms with van der Waals surface area (Å²) in [5.74, 6) is -0.281. The van der Waals surface area contributed by atoms with Crippen molar-refractivity contribution in [3.63, 3.8) is 0 Å². The van der Waals surface area contributed by atoms with Crippen molar-refractivity contribution in [2.75, 3.05) is 19.8 Å². The zero-order chi connectivity index (χ0) is 15.1. The Morgan fingerprint density at radius 3 is 2.00 bits per heavy atom. The minimum Gasteiger partial charge on any atom is -0.379 e. The quantitative estimate of drug-likeness (QED) is 0.492. The maximum atomic E-state index is 13.0.